The first kappa shape index (κ1) is 25.9. The predicted octanol–water partition coefficient (Wildman–Crippen LogP) is 4.21. The van der Waals surface area contributed by atoms with Crippen molar-refractivity contribution in [2.45, 2.75) is 97.6 Å². The van der Waals surface area contributed by atoms with Gasteiger partial charge in [-0.2, -0.15) is 0 Å². The first-order chi connectivity index (χ1) is 12.8. The number of amides is 1. The zero-order chi connectivity index (χ0) is 20.7. The van der Waals surface area contributed by atoms with Gasteiger partial charge in [-0.3, -0.25) is 0 Å². The molecule has 1 amide bonds. The lowest BCUT2D eigenvalue weighted by Crippen LogP contribution is -2.34. The number of hydrogen-bond donors (Lipinski definition) is 2. The summed E-state index contributed by atoms with van der Waals surface area (Å²) in [4.78, 5) is 11.9. The molecule has 0 saturated heterocycles. The van der Waals surface area contributed by atoms with Crippen LogP contribution in [0.4, 0.5) is 4.79 Å². The topological polar surface area (TPSA) is 77.0 Å². The SMILES string of the molecule is CC.CC(C)OCCC(C)(C)OCCNC(=O)OC1/C=C/CCC(O)CC1. The molecule has 0 bridgehead atoms. The fourth-order valence-electron chi connectivity index (χ4n) is 2.50. The Morgan fingerprint density at radius 3 is 2.59 bits per heavy atom. The lowest BCUT2D eigenvalue weighted by atomic mass is 10.0. The van der Waals surface area contributed by atoms with Crippen LogP contribution in [0, 0.1) is 0 Å². The highest BCUT2D eigenvalue weighted by Gasteiger charge is 2.19. The van der Waals surface area contributed by atoms with Crippen molar-refractivity contribution in [3.63, 3.8) is 0 Å². The Balaban J connectivity index is 0.00000326. The summed E-state index contributed by atoms with van der Waals surface area (Å²) >= 11 is 0. The van der Waals surface area contributed by atoms with Crippen molar-refractivity contribution in [1.29, 1.82) is 0 Å². The molecule has 160 valence electrons. The van der Waals surface area contributed by atoms with Gasteiger partial charge in [0.15, 0.2) is 0 Å². The van der Waals surface area contributed by atoms with E-state index in [0.29, 0.717) is 32.6 Å². The van der Waals surface area contributed by atoms with E-state index in [1.165, 1.54) is 0 Å². The maximum absolute atomic E-state index is 11.9. The van der Waals surface area contributed by atoms with Gasteiger partial charge < -0.3 is 24.6 Å². The minimum absolute atomic E-state index is 0.218. The summed E-state index contributed by atoms with van der Waals surface area (Å²) in [5.41, 5.74) is -0.293. The first-order valence-corrected chi connectivity index (χ1v) is 10.3. The number of aliphatic hydroxyl groups excluding tert-OH is 1. The molecule has 0 spiro atoms. The average Bonchev–Trinajstić information content (AvgIpc) is 2.59. The van der Waals surface area contributed by atoms with Gasteiger partial charge in [-0.1, -0.05) is 19.9 Å². The highest BCUT2D eigenvalue weighted by Crippen LogP contribution is 2.16. The van der Waals surface area contributed by atoms with Crippen LogP contribution >= 0.6 is 0 Å². The molecule has 1 rings (SSSR count). The molecule has 0 fully saturated rings. The highest BCUT2D eigenvalue weighted by atomic mass is 16.6. The third-order valence-corrected chi connectivity index (χ3v) is 4.08. The van der Waals surface area contributed by atoms with Crippen molar-refractivity contribution in [1.82, 2.24) is 5.32 Å². The second-order valence-corrected chi connectivity index (χ2v) is 7.38. The number of alkyl carbamates (subject to hydrolysis) is 1. The number of rotatable bonds is 9. The number of carbonyl (C=O) groups is 1. The lowest BCUT2D eigenvalue weighted by molar-refractivity contribution is -0.0457. The van der Waals surface area contributed by atoms with Crippen molar-refractivity contribution in [2.24, 2.45) is 0 Å². The fraction of sp³-hybridized carbons (Fsp3) is 0.857. The van der Waals surface area contributed by atoms with Crippen molar-refractivity contribution in [3.8, 4) is 0 Å². The van der Waals surface area contributed by atoms with Crippen molar-refractivity contribution in [2.75, 3.05) is 19.8 Å². The van der Waals surface area contributed by atoms with Gasteiger partial charge in [0.1, 0.15) is 6.10 Å². The van der Waals surface area contributed by atoms with Crippen LogP contribution in [0.15, 0.2) is 12.2 Å². The zero-order valence-electron chi connectivity index (χ0n) is 18.1. The molecular formula is C21H41NO5. The van der Waals surface area contributed by atoms with Crippen LogP contribution in [-0.4, -0.2) is 54.9 Å². The van der Waals surface area contributed by atoms with Crippen molar-refractivity contribution in [3.05, 3.63) is 12.2 Å². The second kappa shape index (κ2) is 14.9. The van der Waals surface area contributed by atoms with Crippen LogP contribution < -0.4 is 5.32 Å². The molecule has 0 aromatic heterocycles. The quantitative estimate of drug-likeness (QED) is 0.458. The molecule has 2 unspecified atom stereocenters. The monoisotopic (exact) mass is 387 g/mol. The molecular weight excluding hydrogens is 346 g/mol. The molecule has 0 aliphatic heterocycles. The minimum Gasteiger partial charge on any atom is -0.442 e. The Morgan fingerprint density at radius 2 is 1.93 bits per heavy atom. The van der Waals surface area contributed by atoms with Gasteiger partial charge in [-0.25, -0.2) is 4.79 Å². The zero-order valence-corrected chi connectivity index (χ0v) is 18.1. The van der Waals surface area contributed by atoms with E-state index in [-0.39, 0.29) is 23.9 Å². The van der Waals surface area contributed by atoms with Crippen LogP contribution in [0.3, 0.4) is 0 Å². The van der Waals surface area contributed by atoms with E-state index < -0.39 is 6.09 Å². The maximum Gasteiger partial charge on any atom is 0.407 e. The summed E-state index contributed by atoms with van der Waals surface area (Å²) < 4.78 is 16.7. The van der Waals surface area contributed by atoms with Crippen LogP contribution in [0.25, 0.3) is 0 Å². The molecule has 6 heteroatoms. The molecule has 0 aromatic rings. The Bertz CT molecular complexity index is 409. The van der Waals surface area contributed by atoms with E-state index in [9.17, 15) is 9.90 Å². The van der Waals surface area contributed by atoms with Gasteiger partial charge in [-0.15, -0.1) is 0 Å². The largest absolute Gasteiger partial charge is 0.442 e. The summed E-state index contributed by atoms with van der Waals surface area (Å²) in [7, 11) is 0. The first-order valence-electron chi connectivity index (χ1n) is 10.3. The van der Waals surface area contributed by atoms with Gasteiger partial charge in [-0.05, 0) is 65.9 Å². The standard InChI is InChI=1S/C19H35NO5.C2H6/c1-15(2)23-13-11-19(3,4)24-14-12-20-18(22)25-17-8-6-5-7-16(21)9-10-17;1-2/h6,8,15-17,21H,5,7,9-14H2,1-4H3,(H,20,22);1-2H3/b8-6+;. The molecule has 1 aliphatic carbocycles. The minimum atomic E-state index is -0.450. The molecule has 0 aromatic carbocycles. The van der Waals surface area contributed by atoms with Gasteiger partial charge in [0.25, 0.3) is 0 Å². The van der Waals surface area contributed by atoms with Crippen LogP contribution in [0.2, 0.25) is 0 Å². The number of aliphatic hydroxyl groups is 1. The Hall–Kier alpha value is -1.11. The smallest absolute Gasteiger partial charge is 0.407 e. The molecule has 0 radical (unpaired) electrons. The van der Waals surface area contributed by atoms with Crippen LogP contribution in [0.5, 0.6) is 0 Å². The van der Waals surface area contributed by atoms with E-state index in [2.05, 4.69) is 5.32 Å². The van der Waals surface area contributed by atoms with Gasteiger partial charge in [0, 0.05) is 13.2 Å². The molecule has 27 heavy (non-hydrogen) atoms. The van der Waals surface area contributed by atoms with E-state index >= 15 is 0 Å². The molecule has 2 N–H and O–H groups in total. The van der Waals surface area contributed by atoms with Crippen LogP contribution in [0.1, 0.15) is 73.6 Å². The summed E-state index contributed by atoms with van der Waals surface area (Å²) in [6.07, 6.45) is 6.72. The number of ether oxygens (including phenoxy) is 3. The fourth-order valence-corrected chi connectivity index (χ4v) is 2.50. The van der Waals surface area contributed by atoms with E-state index in [0.717, 1.165) is 19.3 Å². The average molecular weight is 388 g/mol. The summed E-state index contributed by atoms with van der Waals surface area (Å²) in [5.74, 6) is 0. The van der Waals surface area contributed by atoms with Crippen molar-refractivity contribution < 1.29 is 24.1 Å². The number of allylic oxidation sites excluding steroid dienone is 1. The van der Waals surface area contributed by atoms with Gasteiger partial charge >= 0.3 is 6.09 Å². The van der Waals surface area contributed by atoms with Crippen LogP contribution in [-0.2, 0) is 14.2 Å². The predicted molar refractivity (Wildman–Crippen MR) is 109 cm³/mol. The Morgan fingerprint density at radius 1 is 1.22 bits per heavy atom. The third kappa shape index (κ3) is 14.6. The number of nitrogens with one attached hydrogen (secondary N) is 1. The molecule has 0 saturated carbocycles. The molecule has 2 atom stereocenters. The normalized spacial score (nSPS) is 21.5. The van der Waals surface area contributed by atoms with Gasteiger partial charge in [0.05, 0.1) is 24.4 Å². The summed E-state index contributed by atoms with van der Waals surface area (Å²) in [6.45, 7) is 13.5. The number of hydrogen-bond acceptors (Lipinski definition) is 5. The summed E-state index contributed by atoms with van der Waals surface area (Å²) in [5, 5.41) is 12.4. The lowest BCUT2D eigenvalue weighted by Gasteiger charge is -2.26. The Kier molecular flexibility index (Phi) is 14.3. The number of carbonyl (C=O) groups excluding carboxylic acids is 1. The third-order valence-electron chi connectivity index (χ3n) is 4.08. The molecule has 0 heterocycles. The van der Waals surface area contributed by atoms with E-state index in [4.69, 9.17) is 14.2 Å². The van der Waals surface area contributed by atoms with Gasteiger partial charge in [0.2, 0.25) is 0 Å². The molecule has 6 nitrogen and oxygen atoms in total. The second-order valence-electron chi connectivity index (χ2n) is 7.38. The maximum atomic E-state index is 11.9. The van der Waals surface area contributed by atoms with E-state index in [1.54, 1.807) is 0 Å². The van der Waals surface area contributed by atoms with Crippen molar-refractivity contribution >= 4 is 6.09 Å². The Labute approximate surface area is 165 Å². The molecule has 1 aliphatic rings. The summed E-state index contributed by atoms with van der Waals surface area (Å²) in [6, 6.07) is 0. The highest BCUT2D eigenvalue weighted by molar-refractivity contribution is 5.67. The van der Waals surface area contributed by atoms with E-state index in [1.807, 2.05) is 53.7 Å².